The van der Waals surface area contributed by atoms with Crippen LogP contribution >= 0.6 is 15.9 Å². The maximum Gasteiger partial charge on any atom is 0.131 e. The number of hydrogen-bond acceptors (Lipinski definition) is 3. The van der Waals surface area contributed by atoms with E-state index >= 15 is 0 Å². The summed E-state index contributed by atoms with van der Waals surface area (Å²) in [5, 5.41) is 0. The van der Waals surface area contributed by atoms with Gasteiger partial charge in [-0.15, -0.1) is 0 Å². The maximum absolute atomic E-state index is 5.62. The zero-order chi connectivity index (χ0) is 10.7. The van der Waals surface area contributed by atoms with Gasteiger partial charge < -0.3 is 5.73 Å². The lowest BCUT2D eigenvalue weighted by molar-refractivity contribution is 0.695. The number of aromatic nitrogens is 2. The molecule has 0 saturated carbocycles. The normalized spacial score (nSPS) is 13.3. The van der Waals surface area contributed by atoms with Crippen molar-refractivity contribution in [3.63, 3.8) is 0 Å². The summed E-state index contributed by atoms with van der Waals surface area (Å²) in [7, 11) is 0. The van der Waals surface area contributed by atoms with Crippen molar-refractivity contribution >= 4 is 15.9 Å². The molecule has 0 radical (unpaired) electrons. The van der Waals surface area contributed by atoms with Gasteiger partial charge in [-0.2, -0.15) is 0 Å². The fourth-order valence-corrected chi connectivity index (χ4v) is 1.71. The first kappa shape index (κ1) is 11.6. The number of rotatable bonds is 3. The van der Waals surface area contributed by atoms with Crippen molar-refractivity contribution < 1.29 is 0 Å². The van der Waals surface area contributed by atoms with Gasteiger partial charge in [-0.25, -0.2) is 9.97 Å². The molecular weight excluding hydrogens is 242 g/mol. The largest absolute Gasteiger partial charge is 0.330 e. The Morgan fingerprint density at radius 2 is 2.07 bits per heavy atom. The Balaban J connectivity index is 3.08. The van der Waals surface area contributed by atoms with Crippen molar-refractivity contribution in [3.8, 4) is 0 Å². The highest BCUT2D eigenvalue weighted by molar-refractivity contribution is 9.10. The third-order valence-corrected chi connectivity index (χ3v) is 2.74. The van der Waals surface area contributed by atoms with Crippen LogP contribution in [0.25, 0.3) is 0 Å². The molecule has 1 aromatic rings. The molecule has 1 atom stereocenters. The van der Waals surface area contributed by atoms with Crippen molar-refractivity contribution in [2.45, 2.75) is 32.6 Å². The zero-order valence-electron chi connectivity index (χ0n) is 8.79. The Morgan fingerprint density at radius 1 is 1.43 bits per heavy atom. The second-order valence-corrected chi connectivity index (χ2v) is 4.61. The van der Waals surface area contributed by atoms with E-state index in [-0.39, 0.29) is 5.92 Å². The van der Waals surface area contributed by atoms with E-state index in [0.29, 0.717) is 12.5 Å². The summed E-state index contributed by atoms with van der Waals surface area (Å²) in [6.45, 7) is 6.84. The Labute approximate surface area is 93.3 Å². The van der Waals surface area contributed by atoms with Crippen LogP contribution in [0.15, 0.2) is 10.7 Å². The third kappa shape index (κ3) is 2.51. The Hall–Kier alpha value is -0.480. The smallest absolute Gasteiger partial charge is 0.131 e. The van der Waals surface area contributed by atoms with Crippen LogP contribution in [-0.4, -0.2) is 16.5 Å². The van der Waals surface area contributed by atoms with E-state index in [1.807, 2.05) is 6.20 Å². The lowest BCUT2D eigenvalue weighted by atomic mass is 10.1. The molecule has 1 rings (SSSR count). The number of nitrogens with two attached hydrogens (primary N) is 1. The van der Waals surface area contributed by atoms with E-state index in [1.165, 1.54) is 0 Å². The van der Waals surface area contributed by atoms with Gasteiger partial charge in [0.1, 0.15) is 5.82 Å². The van der Waals surface area contributed by atoms with Gasteiger partial charge >= 0.3 is 0 Å². The standard InChI is InChI=1S/C10H16BrN3/c1-6(2)10-13-5-8(11)9(14-10)7(3)4-12/h5-7H,4,12H2,1-3H3. The van der Waals surface area contributed by atoms with Crippen LogP contribution in [0.4, 0.5) is 0 Å². The lowest BCUT2D eigenvalue weighted by Gasteiger charge is -2.12. The molecule has 14 heavy (non-hydrogen) atoms. The molecular formula is C10H16BrN3. The summed E-state index contributed by atoms with van der Waals surface area (Å²) in [4.78, 5) is 8.76. The van der Waals surface area contributed by atoms with Crippen LogP contribution < -0.4 is 5.73 Å². The molecule has 1 heterocycles. The first-order valence-electron chi connectivity index (χ1n) is 4.78. The SMILES string of the molecule is CC(C)c1ncc(Br)c(C(C)CN)n1. The lowest BCUT2D eigenvalue weighted by Crippen LogP contribution is -2.13. The molecule has 1 aromatic heterocycles. The van der Waals surface area contributed by atoms with E-state index in [1.54, 1.807) is 0 Å². The predicted molar refractivity (Wildman–Crippen MR) is 61.3 cm³/mol. The van der Waals surface area contributed by atoms with Gasteiger partial charge in [0.15, 0.2) is 0 Å². The Bertz CT molecular complexity index is 312. The van der Waals surface area contributed by atoms with Crippen molar-refractivity contribution in [3.05, 3.63) is 22.2 Å². The van der Waals surface area contributed by atoms with E-state index in [4.69, 9.17) is 5.73 Å². The molecule has 2 N–H and O–H groups in total. The summed E-state index contributed by atoms with van der Waals surface area (Å²) < 4.78 is 0.944. The summed E-state index contributed by atoms with van der Waals surface area (Å²) in [6.07, 6.45) is 1.81. The highest BCUT2D eigenvalue weighted by Crippen LogP contribution is 2.23. The van der Waals surface area contributed by atoms with Crippen molar-refractivity contribution in [2.75, 3.05) is 6.54 Å². The van der Waals surface area contributed by atoms with Gasteiger partial charge in [-0.3, -0.25) is 0 Å². The van der Waals surface area contributed by atoms with Crippen molar-refractivity contribution in [2.24, 2.45) is 5.73 Å². The topological polar surface area (TPSA) is 51.8 Å². The van der Waals surface area contributed by atoms with Gasteiger partial charge in [0.05, 0.1) is 10.2 Å². The van der Waals surface area contributed by atoms with Crippen LogP contribution in [-0.2, 0) is 0 Å². The summed E-state index contributed by atoms with van der Waals surface area (Å²) >= 11 is 3.44. The van der Waals surface area contributed by atoms with Crippen LogP contribution in [0, 0.1) is 0 Å². The molecule has 1 unspecified atom stereocenters. The quantitative estimate of drug-likeness (QED) is 0.905. The van der Waals surface area contributed by atoms with Crippen LogP contribution in [0.5, 0.6) is 0 Å². The fourth-order valence-electron chi connectivity index (χ4n) is 1.13. The number of halogens is 1. The van der Waals surface area contributed by atoms with Gasteiger partial charge in [0, 0.05) is 24.6 Å². The highest BCUT2D eigenvalue weighted by Gasteiger charge is 2.12. The maximum atomic E-state index is 5.62. The molecule has 0 aliphatic heterocycles. The first-order chi connectivity index (χ1) is 6.56. The van der Waals surface area contributed by atoms with E-state index < -0.39 is 0 Å². The van der Waals surface area contributed by atoms with E-state index in [2.05, 4.69) is 46.7 Å². The summed E-state index contributed by atoms with van der Waals surface area (Å²) in [5.41, 5.74) is 6.62. The second kappa shape index (κ2) is 4.84. The number of hydrogen-bond donors (Lipinski definition) is 1. The molecule has 0 fully saturated rings. The average Bonchev–Trinajstić information content (AvgIpc) is 2.17. The molecule has 0 spiro atoms. The highest BCUT2D eigenvalue weighted by atomic mass is 79.9. The minimum atomic E-state index is 0.268. The fraction of sp³-hybridized carbons (Fsp3) is 0.600. The van der Waals surface area contributed by atoms with Gasteiger partial charge in [-0.05, 0) is 15.9 Å². The van der Waals surface area contributed by atoms with Crippen molar-refractivity contribution in [1.29, 1.82) is 0 Å². The third-order valence-electron chi connectivity index (χ3n) is 2.13. The molecule has 0 aromatic carbocycles. The van der Waals surface area contributed by atoms with Crippen LogP contribution in [0.3, 0.4) is 0 Å². The minimum Gasteiger partial charge on any atom is -0.330 e. The molecule has 3 nitrogen and oxygen atoms in total. The van der Waals surface area contributed by atoms with Gasteiger partial charge in [0.25, 0.3) is 0 Å². The second-order valence-electron chi connectivity index (χ2n) is 3.75. The van der Waals surface area contributed by atoms with E-state index in [0.717, 1.165) is 16.0 Å². The zero-order valence-corrected chi connectivity index (χ0v) is 10.4. The molecule has 0 saturated heterocycles. The van der Waals surface area contributed by atoms with E-state index in [9.17, 15) is 0 Å². The van der Waals surface area contributed by atoms with Crippen LogP contribution in [0.2, 0.25) is 0 Å². The summed E-state index contributed by atoms with van der Waals surface area (Å²) in [5.74, 6) is 1.50. The molecule has 0 aliphatic carbocycles. The molecule has 78 valence electrons. The number of nitrogens with zero attached hydrogens (tertiary/aromatic N) is 2. The summed E-state index contributed by atoms with van der Waals surface area (Å²) in [6, 6.07) is 0. The first-order valence-corrected chi connectivity index (χ1v) is 5.58. The molecule has 0 aliphatic rings. The predicted octanol–water partition coefficient (Wildman–Crippen LogP) is 2.42. The molecule has 4 heteroatoms. The molecule has 0 bridgehead atoms. The monoisotopic (exact) mass is 257 g/mol. The van der Waals surface area contributed by atoms with Crippen LogP contribution in [0.1, 0.15) is 44.1 Å². The Kier molecular flexibility index (Phi) is 4.01. The van der Waals surface area contributed by atoms with Gasteiger partial charge in [0.2, 0.25) is 0 Å². The Morgan fingerprint density at radius 3 is 2.57 bits per heavy atom. The van der Waals surface area contributed by atoms with Gasteiger partial charge in [-0.1, -0.05) is 20.8 Å². The molecule has 0 amide bonds. The van der Waals surface area contributed by atoms with Crippen molar-refractivity contribution in [1.82, 2.24) is 9.97 Å². The average molecular weight is 258 g/mol. The minimum absolute atomic E-state index is 0.268.